The summed E-state index contributed by atoms with van der Waals surface area (Å²) in [5.74, 6) is -1.89. The number of hydrogen-bond acceptors (Lipinski definition) is 2. The van der Waals surface area contributed by atoms with Gasteiger partial charge in [-0.15, -0.1) is 0 Å². The molecule has 0 unspecified atom stereocenters. The van der Waals surface area contributed by atoms with E-state index in [1.807, 2.05) is 54.6 Å². The predicted molar refractivity (Wildman–Crippen MR) is 179 cm³/mol. The molecule has 0 atom stereocenters. The summed E-state index contributed by atoms with van der Waals surface area (Å²) < 4.78 is 59.2. The molecule has 0 N–H and O–H groups in total. The Morgan fingerprint density at radius 1 is 0.304 bits per heavy atom. The molecule has 0 amide bonds. The summed E-state index contributed by atoms with van der Waals surface area (Å²) in [5, 5.41) is 1.71. The second kappa shape index (κ2) is 12.3. The molecule has 7 aromatic carbocycles. The van der Waals surface area contributed by atoms with Crippen molar-refractivity contribution in [3.63, 3.8) is 0 Å². The molecular formula is C40H26F4N2. The summed E-state index contributed by atoms with van der Waals surface area (Å²) in [6.07, 6.45) is 0. The first-order chi connectivity index (χ1) is 22.4. The molecule has 7 aromatic rings. The second-order valence-electron chi connectivity index (χ2n) is 10.9. The van der Waals surface area contributed by atoms with E-state index in [-0.39, 0.29) is 0 Å². The van der Waals surface area contributed by atoms with Crippen LogP contribution in [0.3, 0.4) is 0 Å². The molecule has 0 saturated heterocycles. The summed E-state index contributed by atoms with van der Waals surface area (Å²) >= 11 is 0. The Bertz CT molecular complexity index is 2090. The molecule has 7 rings (SSSR count). The van der Waals surface area contributed by atoms with Gasteiger partial charge in [0.2, 0.25) is 0 Å². The molecule has 0 saturated carbocycles. The minimum absolute atomic E-state index is 0.434. The van der Waals surface area contributed by atoms with Gasteiger partial charge in [0.15, 0.2) is 0 Å². The highest BCUT2D eigenvalue weighted by molar-refractivity contribution is 6.01. The highest BCUT2D eigenvalue weighted by Gasteiger charge is 2.24. The zero-order chi connectivity index (χ0) is 31.6. The molecule has 0 aromatic heterocycles. The van der Waals surface area contributed by atoms with Gasteiger partial charge in [-0.3, -0.25) is 0 Å². The first-order valence-electron chi connectivity index (χ1n) is 14.7. The van der Waals surface area contributed by atoms with Crippen molar-refractivity contribution in [1.29, 1.82) is 0 Å². The minimum atomic E-state index is -0.472. The molecular weight excluding hydrogens is 584 g/mol. The lowest BCUT2D eigenvalue weighted by Gasteiger charge is -2.33. The van der Waals surface area contributed by atoms with Gasteiger partial charge in [-0.05, 0) is 113 Å². The van der Waals surface area contributed by atoms with E-state index in [1.54, 1.807) is 58.3 Å². The number of benzene rings is 7. The summed E-state index contributed by atoms with van der Waals surface area (Å²) in [6.45, 7) is 0. The Hall–Kier alpha value is -5.88. The fourth-order valence-corrected chi connectivity index (χ4v) is 5.76. The second-order valence-corrected chi connectivity index (χ2v) is 10.9. The highest BCUT2D eigenvalue weighted by Crippen LogP contribution is 2.48. The standard InChI is InChI=1S/C40H26F4N2/c41-31-10-4-14-35(23-31)45(36-15-5-11-32(42)24-36)39-21-29-19-18-28(27-8-2-1-3-9-27)20-30(29)22-40(39)46(37-16-6-12-33(43)25-37)38-17-7-13-34(44)26-38/h1-26H. The van der Waals surface area contributed by atoms with Crippen molar-refractivity contribution >= 4 is 44.9 Å². The van der Waals surface area contributed by atoms with Crippen molar-refractivity contribution in [2.75, 3.05) is 9.80 Å². The lowest BCUT2D eigenvalue weighted by molar-refractivity contribution is 0.626. The third-order valence-corrected chi connectivity index (χ3v) is 7.79. The van der Waals surface area contributed by atoms with Crippen LogP contribution in [0, 0.1) is 23.3 Å². The molecule has 0 radical (unpaired) electrons. The van der Waals surface area contributed by atoms with Gasteiger partial charge in [-0.2, -0.15) is 0 Å². The van der Waals surface area contributed by atoms with Crippen molar-refractivity contribution in [2.45, 2.75) is 0 Å². The predicted octanol–water partition coefficient (Wildman–Crippen LogP) is 12.0. The molecule has 0 heterocycles. The largest absolute Gasteiger partial charge is 0.308 e. The lowest BCUT2D eigenvalue weighted by atomic mass is 9.99. The van der Waals surface area contributed by atoms with Crippen LogP contribution in [0.1, 0.15) is 0 Å². The summed E-state index contributed by atoms with van der Waals surface area (Å²) in [7, 11) is 0. The van der Waals surface area contributed by atoms with Gasteiger partial charge in [-0.25, -0.2) is 17.6 Å². The van der Waals surface area contributed by atoms with Crippen LogP contribution < -0.4 is 9.80 Å². The van der Waals surface area contributed by atoms with E-state index in [0.717, 1.165) is 21.9 Å². The van der Waals surface area contributed by atoms with Crippen molar-refractivity contribution < 1.29 is 17.6 Å². The Morgan fingerprint density at radius 2 is 0.717 bits per heavy atom. The van der Waals surface area contributed by atoms with Crippen LogP contribution in [0.4, 0.5) is 51.7 Å². The van der Waals surface area contributed by atoms with Gasteiger partial charge >= 0.3 is 0 Å². The van der Waals surface area contributed by atoms with Gasteiger partial charge in [0.1, 0.15) is 23.3 Å². The van der Waals surface area contributed by atoms with Crippen molar-refractivity contribution in [3.05, 3.63) is 181 Å². The molecule has 6 heteroatoms. The van der Waals surface area contributed by atoms with Gasteiger partial charge in [0.25, 0.3) is 0 Å². The van der Waals surface area contributed by atoms with Crippen LogP contribution in [0.2, 0.25) is 0 Å². The van der Waals surface area contributed by atoms with Crippen molar-refractivity contribution in [3.8, 4) is 11.1 Å². The minimum Gasteiger partial charge on any atom is -0.308 e. The highest BCUT2D eigenvalue weighted by atomic mass is 19.1. The van der Waals surface area contributed by atoms with E-state index in [1.165, 1.54) is 48.5 Å². The molecule has 224 valence electrons. The van der Waals surface area contributed by atoms with Gasteiger partial charge in [0, 0.05) is 22.7 Å². The average molecular weight is 611 g/mol. The summed E-state index contributed by atoms with van der Waals surface area (Å²) in [6, 6.07) is 44.0. The number of halogens is 4. The maximum atomic E-state index is 14.8. The number of fused-ring (bicyclic) bond motifs is 1. The third kappa shape index (κ3) is 5.81. The van der Waals surface area contributed by atoms with E-state index in [2.05, 4.69) is 6.07 Å². The summed E-state index contributed by atoms with van der Waals surface area (Å²) in [5.41, 5.74) is 4.82. The van der Waals surface area contributed by atoms with Crippen LogP contribution in [-0.2, 0) is 0 Å². The van der Waals surface area contributed by atoms with E-state index in [9.17, 15) is 17.6 Å². The van der Waals surface area contributed by atoms with Crippen molar-refractivity contribution in [1.82, 2.24) is 0 Å². The van der Waals surface area contributed by atoms with Crippen LogP contribution in [0.5, 0.6) is 0 Å². The number of hydrogen-bond donors (Lipinski definition) is 0. The Labute approximate surface area is 264 Å². The Balaban J connectivity index is 1.57. The smallest absolute Gasteiger partial charge is 0.125 e. The maximum Gasteiger partial charge on any atom is 0.125 e. The van der Waals surface area contributed by atoms with Gasteiger partial charge in [-0.1, -0.05) is 66.7 Å². The zero-order valence-electron chi connectivity index (χ0n) is 24.4. The van der Waals surface area contributed by atoms with E-state index >= 15 is 0 Å². The molecule has 0 fully saturated rings. The topological polar surface area (TPSA) is 6.48 Å². The average Bonchev–Trinajstić information content (AvgIpc) is 3.06. The fraction of sp³-hybridized carbons (Fsp3) is 0. The van der Waals surface area contributed by atoms with Gasteiger partial charge < -0.3 is 9.80 Å². The molecule has 0 aliphatic carbocycles. The van der Waals surface area contributed by atoms with Gasteiger partial charge in [0.05, 0.1) is 11.4 Å². The number of anilines is 6. The van der Waals surface area contributed by atoms with Crippen LogP contribution in [0.15, 0.2) is 158 Å². The number of rotatable bonds is 7. The number of nitrogens with zero attached hydrogens (tertiary/aromatic N) is 2. The van der Waals surface area contributed by atoms with E-state index in [0.29, 0.717) is 34.1 Å². The Morgan fingerprint density at radius 3 is 1.13 bits per heavy atom. The Kier molecular flexibility index (Phi) is 7.69. The molecule has 0 bridgehead atoms. The summed E-state index contributed by atoms with van der Waals surface area (Å²) in [4.78, 5) is 3.50. The fourth-order valence-electron chi connectivity index (χ4n) is 5.76. The quantitative estimate of drug-likeness (QED) is 0.166. The molecule has 0 aliphatic heterocycles. The lowest BCUT2D eigenvalue weighted by Crippen LogP contribution is -2.17. The van der Waals surface area contributed by atoms with E-state index < -0.39 is 23.3 Å². The third-order valence-electron chi connectivity index (χ3n) is 7.79. The maximum absolute atomic E-state index is 14.8. The first-order valence-corrected chi connectivity index (χ1v) is 14.7. The van der Waals surface area contributed by atoms with E-state index in [4.69, 9.17) is 0 Å². The molecule has 0 aliphatic rings. The zero-order valence-corrected chi connectivity index (χ0v) is 24.4. The first kappa shape index (κ1) is 28.9. The van der Waals surface area contributed by atoms with Crippen LogP contribution in [0.25, 0.3) is 21.9 Å². The molecule has 2 nitrogen and oxygen atoms in total. The van der Waals surface area contributed by atoms with Crippen LogP contribution >= 0.6 is 0 Å². The molecule has 46 heavy (non-hydrogen) atoms. The van der Waals surface area contributed by atoms with Crippen molar-refractivity contribution in [2.24, 2.45) is 0 Å². The van der Waals surface area contributed by atoms with Crippen LogP contribution in [-0.4, -0.2) is 0 Å². The monoisotopic (exact) mass is 610 g/mol. The SMILES string of the molecule is Fc1cccc(N(c2cccc(F)c2)c2cc3ccc(-c4ccccc4)cc3cc2N(c2cccc(F)c2)c2cccc(F)c2)c1. The molecule has 0 spiro atoms. The normalized spacial score (nSPS) is 11.0.